The van der Waals surface area contributed by atoms with Gasteiger partial charge in [-0.05, 0) is 30.0 Å². The Bertz CT molecular complexity index is 448. The van der Waals surface area contributed by atoms with Gasteiger partial charge in [-0.25, -0.2) is 0 Å². The van der Waals surface area contributed by atoms with E-state index in [0.717, 1.165) is 5.69 Å². The van der Waals surface area contributed by atoms with Gasteiger partial charge < -0.3 is 11.1 Å². The van der Waals surface area contributed by atoms with Crippen molar-refractivity contribution >= 4 is 11.6 Å². The average molecular weight is 244 g/mol. The molecular weight excluding hydrogens is 224 g/mol. The van der Waals surface area contributed by atoms with E-state index in [-0.39, 0.29) is 17.9 Å². The molecule has 0 radical (unpaired) electrons. The Morgan fingerprint density at radius 1 is 1.28 bits per heavy atom. The number of rotatable bonds is 3. The first-order chi connectivity index (χ1) is 8.56. The quantitative estimate of drug-likeness (QED) is 0.803. The number of carbonyl (C=O) groups excluding carboxylic acids is 1. The van der Waals surface area contributed by atoms with Crippen LogP contribution in [0.5, 0.6) is 0 Å². The summed E-state index contributed by atoms with van der Waals surface area (Å²) >= 11 is 0. The highest BCUT2D eigenvalue weighted by Gasteiger charge is 2.22. The van der Waals surface area contributed by atoms with Crippen molar-refractivity contribution in [2.75, 3.05) is 5.32 Å². The number of anilines is 1. The molecule has 3 nitrogen and oxygen atoms in total. The van der Waals surface area contributed by atoms with Crippen LogP contribution in [-0.4, -0.2) is 11.9 Å². The maximum absolute atomic E-state index is 12.0. The van der Waals surface area contributed by atoms with E-state index in [2.05, 4.69) is 31.3 Å². The number of hydrogen-bond donors (Lipinski definition) is 2. The highest BCUT2D eigenvalue weighted by atomic mass is 16.1. The van der Waals surface area contributed by atoms with Gasteiger partial charge in [-0.15, -0.1) is 0 Å². The number of nitrogens with one attached hydrogen (secondary N) is 1. The molecule has 0 heterocycles. The third-order valence-electron chi connectivity index (χ3n) is 3.30. The molecule has 1 aromatic carbocycles. The Morgan fingerprint density at radius 2 is 1.94 bits per heavy atom. The summed E-state index contributed by atoms with van der Waals surface area (Å²) in [7, 11) is 0. The van der Waals surface area contributed by atoms with Crippen LogP contribution in [0.1, 0.15) is 31.7 Å². The highest BCUT2D eigenvalue weighted by Crippen LogP contribution is 2.20. The van der Waals surface area contributed by atoms with Crippen molar-refractivity contribution < 1.29 is 4.79 Å². The molecule has 18 heavy (non-hydrogen) atoms. The fourth-order valence-electron chi connectivity index (χ4n) is 2.11. The normalized spacial score (nSPS) is 22.4. The van der Waals surface area contributed by atoms with E-state index in [1.54, 1.807) is 0 Å². The van der Waals surface area contributed by atoms with Crippen molar-refractivity contribution in [3.63, 3.8) is 0 Å². The van der Waals surface area contributed by atoms with Crippen molar-refractivity contribution in [3.8, 4) is 0 Å². The van der Waals surface area contributed by atoms with E-state index in [1.807, 2.05) is 24.3 Å². The molecule has 2 rings (SSSR count). The average Bonchev–Trinajstić information content (AvgIpc) is 2.76. The molecule has 1 aromatic rings. The minimum Gasteiger partial charge on any atom is -0.326 e. The summed E-state index contributed by atoms with van der Waals surface area (Å²) in [5.74, 6) is 0.437. The lowest BCUT2D eigenvalue weighted by Gasteiger charge is -2.11. The van der Waals surface area contributed by atoms with Crippen LogP contribution in [-0.2, 0) is 4.79 Å². The molecule has 0 aliphatic heterocycles. The molecule has 2 atom stereocenters. The number of nitrogens with two attached hydrogens (primary N) is 1. The molecule has 0 aromatic heterocycles. The molecule has 0 saturated heterocycles. The third kappa shape index (κ3) is 2.99. The lowest BCUT2D eigenvalue weighted by atomic mass is 10.0. The first-order valence-corrected chi connectivity index (χ1v) is 6.41. The zero-order valence-corrected chi connectivity index (χ0v) is 10.9. The van der Waals surface area contributed by atoms with Crippen LogP contribution in [0, 0.1) is 5.92 Å². The lowest BCUT2D eigenvalue weighted by molar-refractivity contribution is -0.118. The van der Waals surface area contributed by atoms with Crippen LogP contribution in [0.15, 0.2) is 36.4 Å². The highest BCUT2D eigenvalue weighted by molar-refractivity contribution is 5.94. The molecule has 96 valence electrons. The maximum Gasteiger partial charge on any atom is 0.231 e. The second-order valence-electron chi connectivity index (χ2n) is 5.16. The fourth-order valence-corrected chi connectivity index (χ4v) is 2.11. The van der Waals surface area contributed by atoms with Crippen molar-refractivity contribution in [1.82, 2.24) is 0 Å². The molecule has 0 fully saturated rings. The Kier molecular flexibility index (Phi) is 3.82. The van der Waals surface area contributed by atoms with Crippen LogP contribution >= 0.6 is 0 Å². The lowest BCUT2D eigenvalue weighted by Crippen LogP contribution is -2.23. The van der Waals surface area contributed by atoms with Gasteiger partial charge in [0.25, 0.3) is 0 Å². The largest absolute Gasteiger partial charge is 0.326 e. The summed E-state index contributed by atoms with van der Waals surface area (Å²) in [6.07, 6.45) is 4.49. The number of benzene rings is 1. The number of hydrogen-bond acceptors (Lipinski definition) is 2. The van der Waals surface area contributed by atoms with Gasteiger partial charge in [0.15, 0.2) is 0 Å². The van der Waals surface area contributed by atoms with E-state index >= 15 is 0 Å². The van der Waals surface area contributed by atoms with Crippen molar-refractivity contribution in [1.29, 1.82) is 0 Å². The zero-order chi connectivity index (χ0) is 13.1. The monoisotopic (exact) mass is 244 g/mol. The van der Waals surface area contributed by atoms with Crippen LogP contribution in [0.25, 0.3) is 0 Å². The summed E-state index contributed by atoms with van der Waals surface area (Å²) < 4.78 is 0. The van der Waals surface area contributed by atoms with Gasteiger partial charge in [0.2, 0.25) is 5.91 Å². The minimum absolute atomic E-state index is 0.0177. The third-order valence-corrected chi connectivity index (χ3v) is 3.30. The summed E-state index contributed by atoms with van der Waals surface area (Å²) in [5.41, 5.74) is 7.86. The first-order valence-electron chi connectivity index (χ1n) is 6.41. The smallest absolute Gasteiger partial charge is 0.231 e. The Morgan fingerprint density at radius 3 is 2.44 bits per heavy atom. The Labute approximate surface area is 108 Å². The predicted octanol–water partition coefficient (Wildman–Crippen LogP) is 2.65. The number of carbonyl (C=O) groups is 1. The van der Waals surface area contributed by atoms with E-state index in [0.29, 0.717) is 12.3 Å². The molecule has 0 saturated carbocycles. The summed E-state index contributed by atoms with van der Waals surface area (Å²) in [6.45, 7) is 4.30. The van der Waals surface area contributed by atoms with Gasteiger partial charge in [-0.1, -0.05) is 38.1 Å². The minimum atomic E-state index is -0.0928. The van der Waals surface area contributed by atoms with Crippen molar-refractivity contribution in [2.24, 2.45) is 11.7 Å². The Hall–Kier alpha value is -1.61. The molecule has 3 heteroatoms. The summed E-state index contributed by atoms with van der Waals surface area (Å²) in [6, 6.07) is 8.02. The number of amides is 1. The van der Waals surface area contributed by atoms with Gasteiger partial charge in [0, 0.05) is 11.7 Å². The first kappa shape index (κ1) is 12.8. The molecule has 1 amide bonds. The fraction of sp³-hybridized carbons (Fsp3) is 0.400. The van der Waals surface area contributed by atoms with Gasteiger partial charge in [-0.2, -0.15) is 0 Å². The van der Waals surface area contributed by atoms with E-state index in [9.17, 15) is 4.79 Å². The summed E-state index contributed by atoms with van der Waals surface area (Å²) in [5, 5.41) is 2.92. The molecule has 0 spiro atoms. The topological polar surface area (TPSA) is 55.1 Å². The van der Waals surface area contributed by atoms with Gasteiger partial charge in [0.1, 0.15) is 0 Å². The molecule has 0 bridgehead atoms. The van der Waals surface area contributed by atoms with Crippen LogP contribution in [0.2, 0.25) is 0 Å². The molecule has 1 aliphatic carbocycles. The van der Waals surface area contributed by atoms with Crippen molar-refractivity contribution in [2.45, 2.75) is 32.2 Å². The molecule has 2 unspecified atom stereocenters. The van der Waals surface area contributed by atoms with Crippen molar-refractivity contribution in [3.05, 3.63) is 42.0 Å². The molecule has 1 aliphatic rings. The predicted molar refractivity (Wildman–Crippen MR) is 74.4 cm³/mol. The van der Waals surface area contributed by atoms with E-state index in [1.165, 1.54) is 5.56 Å². The second-order valence-corrected chi connectivity index (χ2v) is 5.16. The maximum atomic E-state index is 12.0. The van der Waals surface area contributed by atoms with Crippen LogP contribution in [0.4, 0.5) is 5.69 Å². The van der Waals surface area contributed by atoms with Crippen LogP contribution in [0.3, 0.4) is 0 Å². The molecular formula is C15H20N2O. The standard InChI is InChI=1S/C15H20N2O/c1-10(2)11-4-7-14(8-5-11)17-15(18)12-3-6-13(16)9-12/h3-8,10,12-13H,9,16H2,1-2H3,(H,17,18). The van der Waals surface area contributed by atoms with Gasteiger partial charge in [-0.3, -0.25) is 4.79 Å². The SMILES string of the molecule is CC(C)c1ccc(NC(=O)C2C=CC(N)C2)cc1. The Balaban J connectivity index is 1.97. The van der Waals surface area contributed by atoms with Gasteiger partial charge >= 0.3 is 0 Å². The van der Waals surface area contributed by atoms with Gasteiger partial charge in [0.05, 0.1) is 5.92 Å². The molecule has 3 N–H and O–H groups in total. The van der Waals surface area contributed by atoms with E-state index < -0.39 is 0 Å². The second kappa shape index (κ2) is 5.36. The van der Waals surface area contributed by atoms with Crippen LogP contribution < -0.4 is 11.1 Å². The summed E-state index contributed by atoms with van der Waals surface area (Å²) in [4.78, 5) is 12.0. The van der Waals surface area contributed by atoms with E-state index in [4.69, 9.17) is 5.73 Å². The zero-order valence-electron chi connectivity index (χ0n) is 10.9.